The van der Waals surface area contributed by atoms with Gasteiger partial charge in [-0.05, 0) is 12.8 Å². The van der Waals surface area contributed by atoms with E-state index in [2.05, 4.69) is 6.58 Å². The predicted molar refractivity (Wildman–Crippen MR) is 55.2 cm³/mol. The molecule has 0 N–H and O–H groups in total. The molecule has 70 valence electrons. The summed E-state index contributed by atoms with van der Waals surface area (Å²) in [5.41, 5.74) is 0. The molecule has 0 aromatic carbocycles. The van der Waals surface area contributed by atoms with E-state index in [9.17, 15) is 4.79 Å². The Balaban J connectivity index is 1.96. The minimum Gasteiger partial charge on any atom is -0.306 e. The van der Waals surface area contributed by atoms with Crippen molar-refractivity contribution in [3.05, 3.63) is 24.9 Å². The van der Waals surface area contributed by atoms with Crippen molar-refractivity contribution >= 4 is 17.7 Å². The van der Waals surface area contributed by atoms with Gasteiger partial charge in [0.1, 0.15) is 0 Å². The maximum atomic E-state index is 11.5. The van der Waals surface area contributed by atoms with Crippen LogP contribution in [0.4, 0.5) is 0 Å². The quantitative estimate of drug-likeness (QED) is 0.507. The molecular formula is C10H13NOS. The van der Waals surface area contributed by atoms with Crippen LogP contribution in [0.3, 0.4) is 0 Å². The lowest BCUT2D eigenvalue weighted by atomic mass is 9.93. The summed E-state index contributed by atoms with van der Waals surface area (Å²) < 4.78 is 0. The van der Waals surface area contributed by atoms with Crippen LogP contribution >= 0.6 is 11.8 Å². The molecule has 0 aliphatic carbocycles. The van der Waals surface area contributed by atoms with Gasteiger partial charge in [-0.3, -0.25) is 4.79 Å². The minimum atomic E-state index is 0.243. The summed E-state index contributed by atoms with van der Waals surface area (Å²) in [5.74, 6) is 1.57. The highest BCUT2D eigenvalue weighted by atomic mass is 32.2. The Kier molecular flexibility index (Phi) is 2.44. The van der Waals surface area contributed by atoms with E-state index in [1.165, 1.54) is 0 Å². The van der Waals surface area contributed by atoms with E-state index in [-0.39, 0.29) is 11.8 Å². The Bertz CT molecular complexity index is 262. The Morgan fingerprint density at radius 3 is 3.38 bits per heavy atom. The second kappa shape index (κ2) is 3.58. The fourth-order valence-electron chi connectivity index (χ4n) is 1.78. The van der Waals surface area contributed by atoms with Gasteiger partial charge in [-0.15, -0.1) is 18.3 Å². The zero-order chi connectivity index (χ0) is 9.26. The Labute approximate surface area is 82.7 Å². The fraction of sp³-hybridized carbons (Fsp3) is 0.500. The molecule has 0 saturated carbocycles. The number of allylic oxidation sites excluding steroid dienone is 1. The summed E-state index contributed by atoms with van der Waals surface area (Å²) in [6.07, 6.45) is 7.77. The third-order valence-corrected chi connectivity index (χ3v) is 3.78. The molecule has 3 heteroatoms. The van der Waals surface area contributed by atoms with Crippen LogP contribution in [0.5, 0.6) is 0 Å². The topological polar surface area (TPSA) is 20.3 Å². The maximum Gasteiger partial charge on any atom is 0.233 e. The Morgan fingerprint density at radius 2 is 2.62 bits per heavy atom. The average Bonchev–Trinajstić information content (AvgIpc) is 2.18. The summed E-state index contributed by atoms with van der Waals surface area (Å²) >= 11 is 1.86. The first-order valence-corrected chi connectivity index (χ1v) is 5.61. The smallest absolute Gasteiger partial charge is 0.233 e. The van der Waals surface area contributed by atoms with E-state index >= 15 is 0 Å². The number of carbonyl (C=O) groups is 1. The number of fused-ring (bicyclic) bond motifs is 1. The number of thioether (sulfide) groups is 1. The SMILES string of the molecule is C=CCCC1C(=O)N2C=CCS[C@@H]12. The second-order valence-electron chi connectivity index (χ2n) is 3.33. The molecule has 0 bridgehead atoms. The lowest BCUT2D eigenvalue weighted by molar-refractivity contribution is -0.146. The highest BCUT2D eigenvalue weighted by Gasteiger charge is 2.46. The summed E-state index contributed by atoms with van der Waals surface area (Å²) in [5, 5.41) is 0.414. The lowest BCUT2D eigenvalue weighted by Gasteiger charge is -2.46. The van der Waals surface area contributed by atoms with E-state index in [0.717, 1.165) is 18.6 Å². The summed E-state index contributed by atoms with van der Waals surface area (Å²) in [4.78, 5) is 13.4. The van der Waals surface area contributed by atoms with Gasteiger partial charge >= 0.3 is 0 Å². The van der Waals surface area contributed by atoms with Crippen molar-refractivity contribution in [2.45, 2.75) is 18.2 Å². The van der Waals surface area contributed by atoms with Crippen molar-refractivity contribution < 1.29 is 4.79 Å². The molecule has 2 nitrogen and oxygen atoms in total. The Morgan fingerprint density at radius 1 is 1.77 bits per heavy atom. The van der Waals surface area contributed by atoms with Gasteiger partial charge in [0.05, 0.1) is 11.3 Å². The largest absolute Gasteiger partial charge is 0.306 e. The summed E-state index contributed by atoms with van der Waals surface area (Å²) in [7, 11) is 0. The van der Waals surface area contributed by atoms with Crippen LogP contribution in [0.15, 0.2) is 24.9 Å². The molecule has 13 heavy (non-hydrogen) atoms. The molecule has 2 atom stereocenters. The number of rotatable bonds is 3. The summed E-state index contributed by atoms with van der Waals surface area (Å²) in [6, 6.07) is 0. The number of carbonyl (C=O) groups excluding carboxylic acids is 1. The van der Waals surface area contributed by atoms with Gasteiger partial charge < -0.3 is 4.90 Å². The number of amides is 1. The minimum absolute atomic E-state index is 0.243. The molecule has 0 aromatic heterocycles. The van der Waals surface area contributed by atoms with Crippen LogP contribution in [0.25, 0.3) is 0 Å². The standard InChI is InChI=1S/C10H13NOS/c1-2-3-5-8-9(12)11-6-4-7-13-10(8)11/h2,4,6,8,10H,1,3,5,7H2/t8?,10-/m0/s1. The van der Waals surface area contributed by atoms with Crippen molar-refractivity contribution in [2.75, 3.05) is 5.75 Å². The molecule has 2 aliphatic heterocycles. The van der Waals surface area contributed by atoms with Crippen molar-refractivity contribution in [3.63, 3.8) is 0 Å². The van der Waals surface area contributed by atoms with Crippen molar-refractivity contribution in [2.24, 2.45) is 5.92 Å². The van der Waals surface area contributed by atoms with Crippen LogP contribution in [0.2, 0.25) is 0 Å². The van der Waals surface area contributed by atoms with E-state index < -0.39 is 0 Å². The van der Waals surface area contributed by atoms with Crippen molar-refractivity contribution in [1.29, 1.82) is 0 Å². The van der Waals surface area contributed by atoms with Gasteiger partial charge in [-0.2, -0.15) is 0 Å². The predicted octanol–water partition coefficient (Wildman–Crippen LogP) is 2.00. The molecule has 2 heterocycles. The first-order chi connectivity index (χ1) is 6.34. The monoisotopic (exact) mass is 195 g/mol. The van der Waals surface area contributed by atoms with Crippen LogP contribution in [0.1, 0.15) is 12.8 Å². The average molecular weight is 195 g/mol. The zero-order valence-electron chi connectivity index (χ0n) is 7.48. The molecule has 1 unspecified atom stereocenters. The number of hydrogen-bond acceptors (Lipinski definition) is 2. The molecule has 1 amide bonds. The van der Waals surface area contributed by atoms with Crippen LogP contribution in [-0.4, -0.2) is 21.9 Å². The van der Waals surface area contributed by atoms with Crippen LogP contribution in [-0.2, 0) is 4.79 Å². The zero-order valence-corrected chi connectivity index (χ0v) is 8.30. The van der Waals surface area contributed by atoms with Gasteiger partial charge in [0, 0.05) is 12.0 Å². The molecule has 1 fully saturated rings. The van der Waals surface area contributed by atoms with E-state index in [4.69, 9.17) is 0 Å². The van der Waals surface area contributed by atoms with Crippen molar-refractivity contribution in [3.8, 4) is 0 Å². The van der Waals surface area contributed by atoms with Gasteiger partial charge in [0.25, 0.3) is 0 Å². The highest BCUT2D eigenvalue weighted by molar-refractivity contribution is 8.00. The molecule has 0 radical (unpaired) electrons. The first-order valence-electron chi connectivity index (χ1n) is 4.56. The van der Waals surface area contributed by atoms with E-state index in [0.29, 0.717) is 5.37 Å². The van der Waals surface area contributed by atoms with Crippen molar-refractivity contribution in [1.82, 2.24) is 4.90 Å². The van der Waals surface area contributed by atoms with Gasteiger partial charge in [-0.1, -0.05) is 12.2 Å². The van der Waals surface area contributed by atoms with Crippen LogP contribution in [0, 0.1) is 5.92 Å². The molecular weight excluding hydrogens is 182 g/mol. The number of nitrogens with zero attached hydrogens (tertiary/aromatic N) is 1. The van der Waals surface area contributed by atoms with Gasteiger partial charge in [0.15, 0.2) is 0 Å². The lowest BCUT2D eigenvalue weighted by Crippen LogP contribution is -2.57. The van der Waals surface area contributed by atoms with E-state index in [1.807, 2.05) is 35.0 Å². The highest BCUT2D eigenvalue weighted by Crippen LogP contribution is 2.40. The van der Waals surface area contributed by atoms with E-state index in [1.54, 1.807) is 0 Å². The first kappa shape index (κ1) is 8.88. The second-order valence-corrected chi connectivity index (χ2v) is 4.48. The molecule has 2 aliphatic rings. The fourth-order valence-corrected chi connectivity index (χ4v) is 2.99. The third-order valence-electron chi connectivity index (χ3n) is 2.50. The summed E-state index contributed by atoms with van der Waals surface area (Å²) in [6.45, 7) is 3.67. The van der Waals surface area contributed by atoms with Gasteiger partial charge in [-0.25, -0.2) is 0 Å². The number of hydrogen-bond donors (Lipinski definition) is 0. The van der Waals surface area contributed by atoms with Crippen LogP contribution < -0.4 is 0 Å². The normalized spacial score (nSPS) is 31.1. The molecule has 1 saturated heterocycles. The molecule has 0 aromatic rings. The maximum absolute atomic E-state index is 11.5. The van der Waals surface area contributed by atoms with Gasteiger partial charge in [0.2, 0.25) is 5.91 Å². The molecule has 2 rings (SSSR count). The Hall–Kier alpha value is -0.700. The third kappa shape index (κ3) is 1.41. The number of β-lactam (4-membered cyclic amide) rings is 1. The molecule has 0 spiro atoms.